The van der Waals surface area contributed by atoms with Gasteiger partial charge in [-0.2, -0.15) is 0 Å². The van der Waals surface area contributed by atoms with Crippen LogP contribution in [0.1, 0.15) is 215 Å². The topological polar surface area (TPSA) is 9.23 Å². The molecule has 1 nitrogen and oxygen atoms in total. The molecule has 0 unspecified atom stereocenters. The van der Waals surface area contributed by atoms with Gasteiger partial charge in [0.1, 0.15) is 0 Å². The molecular formula is C45H82O. The molecule has 0 aliphatic heterocycles. The van der Waals surface area contributed by atoms with Gasteiger partial charge in [-0.25, -0.2) is 0 Å². The van der Waals surface area contributed by atoms with Crippen molar-refractivity contribution in [1.82, 2.24) is 0 Å². The summed E-state index contributed by atoms with van der Waals surface area (Å²) in [6, 6.07) is 0. The summed E-state index contributed by atoms with van der Waals surface area (Å²) in [5.41, 5.74) is 2.87. The number of ether oxygens (including phenoxy) is 1. The van der Waals surface area contributed by atoms with Crippen LogP contribution < -0.4 is 0 Å². The zero-order valence-electron chi connectivity index (χ0n) is 32.3. The molecule has 0 aromatic rings. The van der Waals surface area contributed by atoms with Gasteiger partial charge in [0.2, 0.25) is 0 Å². The Morgan fingerprint density at radius 1 is 0.674 bits per heavy atom. The van der Waals surface area contributed by atoms with Crippen LogP contribution in [0.3, 0.4) is 0 Å². The molecule has 8 atom stereocenters. The molecule has 46 heavy (non-hydrogen) atoms. The van der Waals surface area contributed by atoms with Crippen LogP contribution in [0, 0.1) is 46.3 Å². The summed E-state index contributed by atoms with van der Waals surface area (Å²) >= 11 is 0. The molecule has 0 N–H and O–H groups in total. The Morgan fingerprint density at radius 3 is 1.89 bits per heavy atom. The van der Waals surface area contributed by atoms with Gasteiger partial charge in [0.05, 0.1) is 6.10 Å². The standard InChI is InChI=1S/C45H82O/c1-7-8-9-10-11-12-13-14-15-16-17-18-19-20-21-22-34-46-39-30-32-44(5)38(35-39)26-27-40-42-29-28-41(37(4)25-23-24-36(2)3)45(42,6)33-31-43(40)44/h26,36-37,39-43H,7-25,27-35H2,1-6H3/t37-,39+,40+,41-,42+,43+,44+,45-/m1/s1. The van der Waals surface area contributed by atoms with Crippen LogP contribution in [0.5, 0.6) is 0 Å². The van der Waals surface area contributed by atoms with Crippen molar-refractivity contribution in [2.24, 2.45) is 46.3 Å². The zero-order chi connectivity index (χ0) is 32.8. The first kappa shape index (κ1) is 38.5. The monoisotopic (exact) mass is 639 g/mol. The molecule has 0 radical (unpaired) electrons. The molecule has 0 heterocycles. The van der Waals surface area contributed by atoms with Gasteiger partial charge in [-0.3, -0.25) is 0 Å². The summed E-state index contributed by atoms with van der Waals surface area (Å²) < 4.78 is 6.56. The first-order valence-electron chi connectivity index (χ1n) is 21.6. The van der Waals surface area contributed by atoms with Crippen molar-refractivity contribution in [2.75, 3.05) is 6.61 Å². The van der Waals surface area contributed by atoms with E-state index in [9.17, 15) is 0 Å². The van der Waals surface area contributed by atoms with E-state index in [2.05, 4.69) is 47.6 Å². The van der Waals surface area contributed by atoms with E-state index in [0.717, 1.165) is 42.1 Å². The Bertz CT molecular complexity index is 857. The van der Waals surface area contributed by atoms with E-state index in [0.29, 0.717) is 16.9 Å². The normalized spacial score (nSPS) is 33.0. The Morgan fingerprint density at radius 2 is 1.28 bits per heavy atom. The zero-order valence-corrected chi connectivity index (χ0v) is 32.3. The number of hydrogen-bond acceptors (Lipinski definition) is 1. The minimum atomic E-state index is 0.458. The van der Waals surface area contributed by atoms with Gasteiger partial charge >= 0.3 is 0 Å². The largest absolute Gasteiger partial charge is 0.378 e. The van der Waals surface area contributed by atoms with Crippen molar-refractivity contribution in [3.8, 4) is 0 Å². The van der Waals surface area contributed by atoms with Crippen LogP contribution >= 0.6 is 0 Å². The number of fused-ring (bicyclic) bond motifs is 5. The molecule has 3 fully saturated rings. The van der Waals surface area contributed by atoms with E-state index in [4.69, 9.17) is 4.74 Å². The maximum Gasteiger partial charge on any atom is 0.0612 e. The van der Waals surface area contributed by atoms with Gasteiger partial charge in [-0.1, -0.05) is 169 Å². The van der Waals surface area contributed by atoms with E-state index in [-0.39, 0.29) is 0 Å². The van der Waals surface area contributed by atoms with Crippen molar-refractivity contribution in [2.45, 2.75) is 221 Å². The predicted molar refractivity (Wildman–Crippen MR) is 202 cm³/mol. The van der Waals surface area contributed by atoms with Crippen LogP contribution in [0.4, 0.5) is 0 Å². The number of unbranched alkanes of at least 4 members (excludes halogenated alkanes) is 15. The van der Waals surface area contributed by atoms with Crippen molar-refractivity contribution in [3.05, 3.63) is 11.6 Å². The minimum Gasteiger partial charge on any atom is -0.378 e. The highest BCUT2D eigenvalue weighted by Crippen LogP contribution is 2.67. The van der Waals surface area contributed by atoms with E-state index in [1.54, 1.807) is 5.57 Å². The molecular weight excluding hydrogens is 556 g/mol. The van der Waals surface area contributed by atoms with E-state index >= 15 is 0 Å². The third-order valence-corrected chi connectivity index (χ3v) is 14.6. The molecule has 0 aromatic heterocycles. The lowest BCUT2D eigenvalue weighted by atomic mass is 9.47. The highest BCUT2D eigenvalue weighted by atomic mass is 16.5. The molecule has 0 spiro atoms. The minimum absolute atomic E-state index is 0.458. The second-order valence-electron chi connectivity index (χ2n) is 18.3. The summed E-state index contributed by atoms with van der Waals surface area (Å²) in [5, 5.41) is 0. The van der Waals surface area contributed by atoms with Gasteiger partial charge < -0.3 is 4.74 Å². The fourth-order valence-corrected chi connectivity index (χ4v) is 11.7. The van der Waals surface area contributed by atoms with Crippen LogP contribution in [0.25, 0.3) is 0 Å². The average Bonchev–Trinajstić information content (AvgIpc) is 3.39. The van der Waals surface area contributed by atoms with Crippen molar-refractivity contribution < 1.29 is 4.74 Å². The first-order chi connectivity index (χ1) is 22.3. The van der Waals surface area contributed by atoms with Crippen LogP contribution in [-0.2, 0) is 4.74 Å². The molecule has 268 valence electrons. The van der Waals surface area contributed by atoms with Gasteiger partial charge in [0.15, 0.2) is 0 Å². The maximum absolute atomic E-state index is 6.56. The number of rotatable bonds is 23. The first-order valence-corrected chi connectivity index (χ1v) is 21.6. The molecule has 3 saturated carbocycles. The summed E-state index contributed by atoms with van der Waals surface area (Å²) in [7, 11) is 0. The van der Waals surface area contributed by atoms with Crippen molar-refractivity contribution in [3.63, 3.8) is 0 Å². The Kier molecular flexibility index (Phi) is 16.6. The highest BCUT2D eigenvalue weighted by molar-refractivity contribution is 5.25. The fraction of sp³-hybridized carbons (Fsp3) is 0.956. The Labute approximate surface area is 289 Å². The molecule has 4 aliphatic rings. The fourth-order valence-electron chi connectivity index (χ4n) is 11.7. The van der Waals surface area contributed by atoms with Crippen LogP contribution in [0.15, 0.2) is 11.6 Å². The van der Waals surface area contributed by atoms with Crippen molar-refractivity contribution >= 4 is 0 Å². The quantitative estimate of drug-likeness (QED) is 0.0799. The molecule has 0 saturated heterocycles. The van der Waals surface area contributed by atoms with Crippen molar-refractivity contribution in [1.29, 1.82) is 0 Å². The lowest BCUT2D eigenvalue weighted by molar-refractivity contribution is -0.0641. The third-order valence-electron chi connectivity index (χ3n) is 14.6. The second-order valence-corrected chi connectivity index (χ2v) is 18.3. The Balaban J connectivity index is 1.07. The highest BCUT2D eigenvalue weighted by Gasteiger charge is 2.59. The molecule has 0 aromatic carbocycles. The molecule has 4 aliphatic carbocycles. The van der Waals surface area contributed by atoms with Gasteiger partial charge in [-0.05, 0) is 104 Å². The SMILES string of the molecule is CCCCCCCCCCCCCCCCCCO[C@H]1CC[C@@]2(C)C(=CC[C@H]3[C@@H]4CC[C@H]([C@H](C)CCCC(C)C)[C@@]4(C)CC[C@@H]32)C1. The molecule has 1 heteroatoms. The lowest BCUT2D eigenvalue weighted by Crippen LogP contribution is -2.51. The summed E-state index contributed by atoms with van der Waals surface area (Å²) in [4.78, 5) is 0. The van der Waals surface area contributed by atoms with Crippen LogP contribution in [-0.4, -0.2) is 12.7 Å². The summed E-state index contributed by atoms with van der Waals surface area (Å²) in [6.45, 7) is 16.1. The number of allylic oxidation sites excluding steroid dienone is 1. The molecule has 4 rings (SSSR count). The molecule has 0 amide bonds. The van der Waals surface area contributed by atoms with Crippen LogP contribution in [0.2, 0.25) is 0 Å². The van der Waals surface area contributed by atoms with E-state index < -0.39 is 0 Å². The van der Waals surface area contributed by atoms with E-state index in [1.165, 1.54) is 173 Å². The summed E-state index contributed by atoms with van der Waals surface area (Å²) in [5.74, 6) is 5.60. The second kappa shape index (κ2) is 19.8. The van der Waals surface area contributed by atoms with Gasteiger partial charge in [0.25, 0.3) is 0 Å². The van der Waals surface area contributed by atoms with Gasteiger partial charge in [-0.15, -0.1) is 0 Å². The number of hydrogen-bond donors (Lipinski definition) is 0. The summed E-state index contributed by atoms with van der Waals surface area (Å²) in [6.07, 6.45) is 41.8. The lowest BCUT2D eigenvalue weighted by Gasteiger charge is -2.58. The smallest absolute Gasteiger partial charge is 0.0612 e. The Hall–Kier alpha value is -0.300. The molecule has 0 bridgehead atoms. The third kappa shape index (κ3) is 10.6. The predicted octanol–water partition coefficient (Wildman–Crippen LogP) is 14.7. The average molecular weight is 639 g/mol. The maximum atomic E-state index is 6.56. The van der Waals surface area contributed by atoms with E-state index in [1.807, 2.05) is 0 Å². The van der Waals surface area contributed by atoms with Gasteiger partial charge in [0, 0.05) is 6.61 Å².